The van der Waals surface area contributed by atoms with E-state index in [1.54, 1.807) is 25.3 Å². The fourth-order valence-electron chi connectivity index (χ4n) is 4.00. The molecule has 4 rings (SSSR count). The number of hydrogen-bond acceptors (Lipinski definition) is 8. The quantitative estimate of drug-likeness (QED) is 0.326. The van der Waals surface area contributed by atoms with Gasteiger partial charge in [-0.2, -0.15) is 0 Å². The van der Waals surface area contributed by atoms with E-state index in [9.17, 15) is 9.59 Å². The molecule has 180 valence electrons. The SMILES string of the molecule is CCn1c(SCC(=O)Nc2sc3c(c2C(=O)OC)CCCC3)nnc1-c1cc(Cl)ccc1OC. The van der Waals surface area contributed by atoms with Gasteiger partial charge in [0.05, 0.1) is 31.1 Å². The van der Waals surface area contributed by atoms with Crippen LogP contribution in [0.5, 0.6) is 5.75 Å². The summed E-state index contributed by atoms with van der Waals surface area (Å²) in [6, 6.07) is 5.32. The van der Waals surface area contributed by atoms with E-state index in [0.29, 0.717) is 38.9 Å². The minimum absolute atomic E-state index is 0.119. The molecule has 3 aromatic rings. The van der Waals surface area contributed by atoms with Crippen molar-refractivity contribution in [1.29, 1.82) is 0 Å². The molecule has 11 heteroatoms. The van der Waals surface area contributed by atoms with Crippen molar-refractivity contribution < 1.29 is 19.1 Å². The van der Waals surface area contributed by atoms with Crippen LogP contribution in [0.15, 0.2) is 23.4 Å². The monoisotopic (exact) mass is 520 g/mol. The molecule has 0 fully saturated rings. The van der Waals surface area contributed by atoms with E-state index in [1.807, 2.05) is 11.5 Å². The van der Waals surface area contributed by atoms with Gasteiger partial charge in [0.15, 0.2) is 11.0 Å². The van der Waals surface area contributed by atoms with E-state index in [4.69, 9.17) is 21.1 Å². The Hall–Kier alpha value is -2.56. The van der Waals surface area contributed by atoms with Crippen LogP contribution < -0.4 is 10.1 Å². The van der Waals surface area contributed by atoms with Gasteiger partial charge in [0.2, 0.25) is 5.91 Å². The van der Waals surface area contributed by atoms with Crippen LogP contribution in [-0.2, 0) is 28.9 Å². The Morgan fingerprint density at radius 1 is 1.24 bits per heavy atom. The molecule has 2 aromatic heterocycles. The number of ether oxygens (including phenoxy) is 2. The molecule has 0 atom stereocenters. The van der Waals surface area contributed by atoms with Crippen LogP contribution in [0.4, 0.5) is 5.00 Å². The van der Waals surface area contributed by atoms with Crippen molar-refractivity contribution in [3.05, 3.63) is 39.2 Å². The molecule has 0 radical (unpaired) electrons. The van der Waals surface area contributed by atoms with E-state index in [1.165, 1.54) is 30.2 Å². The van der Waals surface area contributed by atoms with Crippen LogP contribution in [-0.4, -0.2) is 46.6 Å². The summed E-state index contributed by atoms with van der Waals surface area (Å²) in [4.78, 5) is 26.4. The van der Waals surface area contributed by atoms with Crippen LogP contribution in [0.25, 0.3) is 11.4 Å². The summed E-state index contributed by atoms with van der Waals surface area (Å²) in [7, 11) is 2.95. The molecular formula is C23H25ClN4O4S2. The average Bonchev–Trinajstić information content (AvgIpc) is 3.42. The van der Waals surface area contributed by atoms with Gasteiger partial charge >= 0.3 is 5.97 Å². The van der Waals surface area contributed by atoms with Crippen molar-refractivity contribution in [2.45, 2.75) is 44.3 Å². The third-order valence-electron chi connectivity index (χ3n) is 5.58. The number of carbonyl (C=O) groups excluding carboxylic acids is 2. The van der Waals surface area contributed by atoms with Gasteiger partial charge in [-0.3, -0.25) is 4.79 Å². The number of benzene rings is 1. The lowest BCUT2D eigenvalue weighted by Gasteiger charge is -2.12. The standard InChI is InChI=1S/C23H25ClN4O4S2/c1-4-28-20(15-11-13(24)9-10-16(15)31-2)26-27-23(28)33-12-18(29)25-21-19(22(30)32-3)14-7-5-6-8-17(14)34-21/h9-11H,4-8,12H2,1-3H3,(H,25,29). The summed E-state index contributed by atoms with van der Waals surface area (Å²) in [6.45, 7) is 2.58. The molecule has 0 bridgehead atoms. The first-order valence-electron chi connectivity index (χ1n) is 10.9. The fourth-order valence-corrected chi connectivity index (χ4v) is 6.27. The lowest BCUT2D eigenvalue weighted by Crippen LogP contribution is -2.17. The molecule has 0 unspecified atom stereocenters. The van der Waals surface area contributed by atoms with Gasteiger partial charge < -0.3 is 19.4 Å². The second-order valence-electron chi connectivity index (χ2n) is 7.64. The van der Waals surface area contributed by atoms with Crippen LogP contribution in [0, 0.1) is 0 Å². The number of halogens is 1. The zero-order chi connectivity index (χ0) is 24.2. The number of fused-ring (bicyclic) bond motifs is 1. The van der Waals surface area contributed by atoms with E-state index in [-0.39, 0.29) is 11.7 Å². The number of aryl methyl sites for hydroxylation is 1. The number of amides is 1. The molecule has 0 spiro atoms. The summed E-state index contributed by atoms with van der Waals surface area (Å²) in [5.74, 6) is 0.740. The Morgan fingerprint density at radius 3 is 2.76 bits per heavy atom. The number of thioether (sulfide) groups is 1. The highest BCUT2D eigenvalue weighted by atomic mass is 35.5. The molecular weight excluding hydrogens is 496 g/mol. The minimum atomic E-state index is -0.409. The van der Waals surface area contributed by atoms with Gasteiger partial charge in [0.25, 0.3) is 0 Å². The molecule has 8 nitrogen and oxygen atoms in total. The molecule has 1 aliphatic carbocycles. The lowest BCUT2D eigenvalue weighted by atomic mass is 9.95. The Labute approximate surface area is 211 Å². The molecule has 1 N–H and O–H groups in total. The second kappa shape index (κ2) is 10.8. The molecule has 0 saturated heterocycles. The maximum atomic E-state index is 12.8. The average molecular weight is 521 g/mol. The zero-order valence-electron chi connectivity index (χ0n) is 19.1. The first-order chi connectivity index (χ1) is 16.5. The number of methoxy groups -OCH3 is 2. The number of nitrogens with one attached hydrogen (secondary N) is 1. The number of anilines is 1. The number of nitrogens with zero attached hydrogens (tertiary/aromatic N) is 3. The van der Waals surface area contributed by atoms with Crippen molar-refractivity contribution in [2.75, 3.05) is 25.3 Å². The van der Waals surface area contributed by atoms with E-state index < -0.39 is 5.97 Å². The number of thiophene rings is 1. The predicted octanol–water partition coefficient (Wildman–Crippen LogP) is 5.08. The number of carbonyl (C=O) groups is 2. The van der Waals surface area contributed by atoms with Crippen molar-refractivity contribution >= 4 is 51.6 Å². The topological polar surface area (TPSA) is 95.3 Å². The highest BCUT2D eigenvalue weighted by molar-refractivity contribution is 7.99. The van der Waals surface area contributed by atoms with E-state index in [0.717, 1.165) is 41.7 Å². The summed E-state index contributed by atoms with van der Waals surface area (Å²) in [6.07, 6.45) is 3.87. The zero-order valence-corrected chi connectivity index (χ0v) is 21.5. The summed E-state index contributed by atoms with van der Waals surface area (Å²) in [5.41, 5.74) is 2.23. The van der Waals surface area contributed by atoms with Gasteiger partial charge in [-0.1, -0.05) is 23.4 Å². The molecule has 0 saturated carbocycles. The minimum Gasteiger partial charge on any atom is -0.496 e. The third-order valence-corrected chi connectivity index (χ3v) is 7.99. The summed E-state index contributed by atoms with van der Waals surface area (Å²) >= 11 is 8.93. The molecule has 1 amide bonds. The Morgan fingerprint density at radius 2 is 2.03 bits per heavy atom. The van der Waals surface area contributed by atoms with Gasteiger partial charge in [0.1, 0.15) is 10.8 Å². The van der Waals surface area contributed by atoms with Gasteiger partial charge in [-0.25, -0.2) is 4.79 Å². The third kappa shape index (κ3) is 4.94. The second-order valence-corrected chi connectivity index (χ2v) is 10.1. The molecule has 0 aliphatic heterocycles. The fraction of sp³-hybridized carbons (Fsp3) is 0.391. The predicted molar refractivity (Wildman–Crippen MR) is 134 cm³/mol. The number of aromatic nitrogens is 3. The van der Waals surface area contributed by atoms with Crippen molar-refractivity contribution in [2.24, 2.45) is 0 Å². The Bertz CT molecular complexity index is 1220. The first-order valence-corrected chi connectivity index (χ1v) is 13.1. The number of hydrogen-bond donors (Lipinski definition) is 1. The maximum absolute atomic E-state index is 12.8. The van der Waals surface area contributed by atoms with Crippen molar-refractivity contribution in [3.63, 3.8) is 0 Å². The summed E-state index contributed by atoms with van der Waals surface area (Å²) in [5, 5.41) is 13.3. The molecule has 1 aliphatic rings. The largest absolute Gasteiger partial charge is 0.496 e. The van der Waals surface area contributed by atoms with Gasteiger partial charge in [0, 0.05) is 16.4 Å². The molecule has 34 heavy (non-hydrogen) atoms. The van der Waals surface area contributed by atoms with Crippen LogP contribution in [0.2, 0.25) is 5.02 Å². The molecule has 2 heterocycles. The van der Waals surface area contributed by atoms with Crippen LogP contribution in [0.1, 0.15) is 40.6 Å². The van der Waals surface area contributed by atoms with Crippen LogP contribution >= 0.6 is 34.7 Å². The number of rotatable bonds is 8. The van der Waals surface area contributed by atoms with Crippen molar-refractivity contribution in [3.8, 4) is 17.1 Å². The number of esters is 1. The van der Waals surface area contributed by atoms with Gasteiger partial charge in [-0.15, -0.1) is 21.5 Å². The smallest absolute Gasteiger partial charge is 0.341 e. The van der Waals surface area contributed by atoms with E-state index in [2.05, 4.69) is 15.5 Å². The van der Waals surface area contributed by atoms with Gasteiger partial charge in [-0.05, 0) is 56.4 Å². The van der Waals surface area contributed by atoms with E-state index >= 15 is 0 Å². The Balaban J connectivity index is 1.51. The van der Waals surface area contributed by atoms with Crippen LogP contribution in [0.3, 0.4) is 0 Å². The lowest BCUT2D eigenvalue weighted by molar-refractivity contribution is -0.113. The highest BCUT2D eigenvalue weighted by Gasteiger charge is 2.27. The maximum Gasteiger partial charge on any atom is 0.341 e. The normalized spacial score (nSPS) is 12.8. The summed E-state index contributed by atoms with van der Waals surface area (Å²) < 4.78 is 12.4. The molecule has 1 aromatic carbocycles. The Kier molecular flexibility index (Phi) is 7.80. The van der Waals surface area contributed by atoms with Crippen molar-refractivity contribution in [1.82, 2.24) is 14.8 Å². The first kappa shape index (κ1) is 24.6. The highest BCUT2D eigenvalue weighted by Crippen LogP contribution is 2.39.